The number of benzene rings is 2. The number of hydrogen-bond acceptors (Lipinski definition) is 5. The van der Waals surface area contributed by atoms with E-state index in [0.29, 0.717) is 22.1 Å². The number of aryl methyl sites for hydroxylation is 2. The molecule has 0 aliphatic carbocycles. The van der Waals surface area contributed by atoms with Gasteiger partial charge in [-0.15, -0.1) is 0 Å². The predicted molar refractivity (Wildman–Crippen MR) is 120 cm³/mol. The SMILES string of the molecule is COC(=O)CC1=Nc2cc(C)c(C)cc2N(CC(=O)NCc2ccccc2Cl)C(=O)C1. The Morgan fingerprint density at radius 2 is 1.90 bits per heavy atom. The summed E-state index contributed by atoms with van der Waals surface area (Å²) in [6, 6.07) is 10.9. The number of halogens is 1. The van der Waals surface area contributed by atoms with Crippen LogP contribution in [0, 0.1) is 13.8 Å². The van der Waals surface area contributed by atoms with Crippen molar-refractivity contribution in [2.24, 2.45) is 4.99 Å². The van der Waals surface area contributed by atoms with Crippen LogP contribution in [0.15, 0.2) is 41.4 Å². The molecule has 0 spiro atoms. The monoisotopic (exact) mass is 441 g/mol. The van der Waals surface area contributed by atoms with Crippen molar-refractivity contribution in [1.82, 2.24) is 5.32 Å². The third-order valence-corrected chi connectivity index (χ3v) is 5.50. The van der Waals surface area contributed by atoms with Crippen LogP contribution < -0.4 is 10.2 Å². The molecule has 162 valence electrons. The van der Waals surface area contributed by atoms with E-state index in [1.807, 2.05) is 44.2 Å². The number of methoxy groups -OCH3 is 1. The van der Waals surface area contributed by atoms with Gasteiger partial charge in [-0.1, -0.05) is 29.8 Å². The van der Waals surface area contributed by atoms with E-state index in [1.165, 1.54) is 12.0 Å². The van der Waals surface area contributed by atoms with Crippen molar-refractivity contribution in [2.75, 3.05) is 18.6 Å². The van der Waals surface area contributed by atoms with Gasteiger partial charge in [0.1, 0.15) is 6.54 Å². The maximum absolute atomic E-state index is 13.0. The molecule has 8 heteroatoms. The number of esters is 1. The van der Waals surface area contributed by atoms with Crippen LogP contribution in [-0.2, 0) is 25.7 Å². The second-order valence-electron chi connectivity index (χ2n) is 7.38. The van der Waals surface area contributed by atoms with Crippen LogP contribution in [0.2, 0.25) is 5.02 Å². The van der Waals surface area contributed by atoms with Crippen LogP contribution in [0.25, 0.3) is 0 Å². The van der Waals surface area contributed by atoms with Crippen LogP contribution >= 0.6 is 11.6 Å². The zero-order valence-corrected chi connectivity index (χ0v) is 18.5. The molecule has 2 aromatic carbocycles. The Hall–Kier alpha value is -3.19. The van der Waals surface area contributed by atoms with Gasteiger partial charge in [-0.3, -0.25) is 19.4 Å². The van der Waals surface area contributed by atoms with Crippen molar-refractivity contribution >= 4 is 46.5 Å². The van der Waals surface area contributed by atoms with E-state index in [9.17, 15) is 14.4 Å². The lowest BCUT2D eigenvalue weighted by molar-refractivity contribution is -0.139. The lowest BCUT2D eigenvalue weighted by Gasteiger charge is -2.23. The molecule has 0 fully saturated rings. The van der Waals surface area contributed by atoms with Gasteiger partial charge in [0.2, 0.25) is 11.8 Å². The van der Waals surface area contributed by atoms with Crippen molar-refractivity contribution < 1.29 is 19.1 Å². The molecular formula is C23H24ClN3O4. The number of ether oxygens (including phenoxy) is 1. The number of nitrogens with one attached hydrogen (secondary N) is 1. The van der Waals surface area contributed by atoms with Crippen molar-refractivity contribution in [3.05, 3.63) is 58.1 Å². The summed E-state index contributed by atoms with van der Waals surface area (Å²) in [6.45, 7) is 3.96. The summed E-state index contributed by atoms with van der Waals surface area (Å²) >= 11 is 6.14. The molecule has 0 saturated heterocycles. The van der Waals surface area contributed by atoms with Gasteiger partial charge in [-0.05, 0) is 48.7 Å². The number of nitrogens with zero attached hydrogens (tertiary/aromatic N) is 2. The second-order valence-corrected chi connectivity index (χ2v) is 7.79. The van der Waals surface area contributed by atoms with Crippen molar-refractivity contribution in [3.8, 4) is 0 Å². The molecule has 0 saturated carbocycles. The average molecular weight is 442 g/mol. The fourth-order valence-electron chi connectivity index (χ4n) is 3.25. The Labute approximate surface area is 186 Å². The van der Waals surface area contributed by atoms with Gasteiger partial charge in [-0.2, -0.15) is 0 Å². The van der Waals surface area contributed by atoms with Crippen LogP contribution in [0.5, 0.6) is 0 Å². The molecule has 1 N–H and O–H groups in total. The molecule has 1 aliphatic heterocycles. The minimum atomic E-state index is -0.470. The zero-order chi connectivity index (χ0) is 22.5. The summed E-state index contributed by atoms with van der Waals surface area (Å²) < 4.78 is 4.72. The fourth-order valence-corrected chi connectivity index (χ4v) is 3.46. The van der Waals surface area contributed by atoms with Gasteiger partial charge < -0.3 is 15.0 Å². The molecule has 0 aromatic heterocycles. The molecule has 0 bridgehead atoms. The first-order chi connectivity index (χ1) is 14.8. The first-order valence-corrected chi connectivity index (χ1v) is 10.2. The number of fused-ring (bicyclic) bond motifs is 1. The minimum Gasteiger partial charge on any atom is -0.469 e. The van der Waals surface area contributed by atoms with Crippen LogP contribution in [0.4, 0.5) is 11.4 Å². The Kier molecular flexibility index (Phi) is 7.07. The number of hydrogen-bond donors (Lipinski definition) is 1. The molecule has 3 rings (SSSR count). The molecule has 1 aliphatic rings. The van der Waals surface area contributed by atoms with Crippen LogP contribution in [0.1, 0.15) is 29.5 Å². The third kappa shape index (κ3) is 5.49. The van der Waals surface area contributed by atoms with E-state index in [1.54, 1.807) is 6.07 Å². The molecule has 1 heterocycles. The van der Waals surface area contributed by atoms with E-state index in [-0.39, 0.29) is 37.7 Å². The number of amides is 2. The molecule has 0 radical (unpaired) electrons. The average Bonchev–Trinajstić information content (AvgIpc) is 2.84. The molecule has 7 nitrogen and oxygen atoms in total. The second kappa shape index (κ2) is 9.75. The maximum Gasteiger partial charge on any atom is 0.311 e. The van der Waals surface area contributed by atoms with Gasteiger partial charge in [0, 0.05) is 17.3 Å². The number of carbonyl (C=O) groups excluding carboxylic acids is 3. The summed E-state index contributed by atoms with van der Waals surface area (Å²) in [7, 11) is 1.29. The smallest absolute Gasteiger partial charge is 0.311 e. The number of rotatable bonds is 6. The standard InChI is InChI=1S/C23H24ClN3O4/c1-14-8-19-20(9-15(14)2)27(22(29)10-17(26-19)11-23(30)31-3)13-21(28)25-12-16-6-4-5-7-18(16)24/h4-9H,10-13H2,1-3H3,(H,25,28). The molecule has 31 heavy (non-hydrogen) atoms. The molecular weight excluding hydrogens is 418 g/mol. The quantitative estimate of drug-likeness (QED) is 0.693. The predicted octanol–water partition coefficient (Wildman–Crippen LogP) is 3.65. The Bertz CT molecular complexity index is 1060. The highest BCUT2D eigenvalue weighted by molar-refractivity contribution is 6.31. The van der Waals surface area contributed by atoms with Gasteiger partial charge in [0.15, 0.2) is 0 Å². The first kappa shape index (κ1) is 22.5. The van der Waals surface area contributed by atoms with E-state index in [0.717, 1.165) is 16.7 Å². The lowest BCUT2D eigenvalue weighted by atomic mass is 10.1. The van der Waals surface area contributed by atoms with E-state index < -0.39 is 5.97 Å². The first-order valence-electron chi connectivity index (χ1n) is 9.83. The summed E-state index contributed by atoms with van der Waals surface area (Å²) in [6.07, 6.45) is -0.152. The Balaban J connectivity index is 1.83. The van der Waals surface area contributed by atoms with E-state index >= 15 is 0 Å². The summed E-state index contributed by atoms with van der Waals surface area (Å²) in [5.74, 6) is -1.10. The Morgan fingerprint density at radius 1 is 1.19 bits per heavy atom. The summed E-state index contributed by atoms with van der Waals surface area (Å²) in [5, 5.41) is 3.37. The van der Waals surface area contributed by atoms with Gasteiger partial charge in [0.05, 0.1) is 31.3 Å². The molecule has 2 aromatic rings. The van der Waals surface area contributed by atoms with Crippen molar-refractivity contribution in [2.45, 2.75) is 33.2 Å². The topological polar surface area (TPSA) is 88.1 Å². The lowest BCUT2D eigenvalue weighted by Crippen LogP contribution is -2.41. The van der Waals surface area contributed by atoms with Crippen LogP contribution in [0.3, 0.4) is 0 Å². The Morgan fingerprint density at radius 3 is 2.61 bits per heavy atom. The van der Waals surface area contributed by atoms with E-state index in [2.05, 4.69) is 10.3 Å². The van der Waals surface area contributed by atoms with Crippen LogP contribution in [-0.4, -0.2) is 37.1 Å². The third-order valence-electron chi connectivity index (χ3n) is 5.13. The number of carbonyl (C=O) groups is 3. The number of anilines is 1. The summed E-state index contributed by atoms with van der Waals surface area (Å²) in [4.78, 5) is 43.4. The van der Waals surface area contributed by atoms with Gasteiger partial charge in [0.25, 0.3) is 0 Å². The largest absolute Gasteiger partial charge is 0.469 e. The highest BCUT2D eigenvalue weighted by Gasteiger charge is 2.27. The summed E-state index contributed by atoms with van der Waals surface area (Å²) in [5.41, 5.74) is 4.25. The highest BCUT2D eigenvalue weighted by atomic mass is 35.5. The zero-order valence-electron chi connectivity index (χ0n) is 17.7. The molecule has 0 atom stereocenters. The van der Waals surface area contributed by atoms with Gasteiger partial charge in [-0.25, -0.2) is 0 Å². The maximum atomic E-state index is 13.0. The fraction of sp³-hybridized carbons (Fsp3) is 0.304. The van der Waals surface area contributed by atoms with E-state index in [4.69, 9.17) is 16.3 Å². The molecule has 0 unspecified atom stereocenters. The highest BCUT2D eigenvalue weighted by Crippen LogP contribution is 2.35. The van der Waals surface area contributed by atoms with Gasteiger partial charge >= 0.3 is 5.97 Å². The molecule has 2 amide bonds. The normalized spacial score (nSPS) is 13.2. The van der Waals surface area contributed by atoms with Crippen molar-refractivity contribution in [1.29, 1.82) is 0 Å². The van der Waals surface area contributed by atoms with Crippen molar-refractivity contribution in [3.63, 3.8) is 0 Å². The number of aliphatic imine (C=N–C) groups is 1. The minimum absolute atomic E-state index is 0.0698.